The lowest BCUT2D eigenvalue weighted by Gasteiger charge is -2.49. The molecule has 0 amide bonds. The van der Waals surface area contributed by atoms with Crippen LogP contribution in [0.3, 0.4) is 0 Å². The molecule has 136 valence electrons. The molecule has 1 N–H and O–H groups in total. The van der Waals surface area contributed by atoms with Gasteiger partial charge in [-0.2, -0.15) is 0 Å². The molecule has 2 aliphatic carbocycles. The predicted molar refractivity (Wildman–Crippen MR) is 95.8 cm³/mol. The number of hydrogen-bond donors (Lipinski definition) is 1. The van der Waals surface area contributed by atoms with E-state index in [2.05, 4.69) is 20.8 Å². The van der Waals surface area contributed by atoms with E-state index in [4.69, 9.17) is 11.6 Å². The molecule has 2 aliphatic rings. The van der Waals surface area contributed by atoms with E-state index < -0.39 is 27.6 Å². The van der Waals surface area contributed by atoms with Crippen LogP contribution in [0.1, 0.15) is 58.4 Å². The number of nitrogens with zero attached hydrogens (tertiary/aromatic N) is 1. The number of hydrogen-bond acceptors (Lipinski definition) is 3. The van der Waals surface area contributed by atoms with E-state index in [-0.39, 0.29) is 16.1 Å². The quantitative estimate of drug-likeness (QED) is 0.582. The van der Waals surface area contributed by atoms with E-state index in [9.17, 15) is 20.0 Å². The van der Waals surface area contributed by atoms with Crippen molar-refractivity contribution in [2.75, 3.05) is 0 Å². The summed E-state index contributed by atoms with van der Waals surface area (Å²) in [6, 6.07) is 4.55. The van der Waals surface area contributed by atoms with Crippen molar-refractivity contribution >= 4 is 23.3 Å². The van der Waals surface area contributed by atoms with E-state index in [0.29, 0.717) is 17.9 Å². The monoisotopic (exact) mass is 365 g/mol. The smallest absolute Gasteiger partial charge is 0.310 e. The van der Waals surface area contributed by atoms with Crippen molar-refractivity contribution in [2.24, 2.45) is 22.2 Å². The predicted octanol–water partition coefficient (Wildman–Crippen LogP) is 5.27. The number of rotatable bonds is 4. The first kappa shape index (κ1) is 18.2. The summed E-state index contributed by atoms with van der Waals surface area (Å²) in [4.78, 5) is 23.6. The molecule has 0 aliphatic heterocycles. The van der Waals surface area contributed by atoms with Gasteiger partial charge in [0.15, 0.2) is 0 Å². The van der Waals surface area contributed by atoms with Crippen LogP contribution in [0.5, 0.6) is 0 Å². The molecule has 25 heavy (non-hydrogen) atoms. The Morgan fingerprint density at radius 3 is 2.48 bits per heavy atom. The highest BCUT2D eigenvalue weighted by Crippen LogP contribution is 2.76. The van der Waals surface area contributed by atoms with Crippen LogP contribution >= 0.6 is 11.6 Å². The number of aliphatic carboxylic acids is 1. The van der Waals surface area contributed by atoms with Crippen molar-refractivity contribution in [2.45, 2.75) is 52.9 Å². The Labute approximate surface area is 152 Å². The van der Waals surface area contributed by atoms with Gasteiger partial charge in [0.25, 0.3) is 5.69 Å². The normalized spacial score (nSPS) is 34.0. The maximum atomic E-state index is 12.6. The standard InChI is InChI=1S/C19H24ClNO4/c1-11(14-6-5-13(20)9-15(14)21(24)25)19(16(22)23)10-12-7-8-18(19,4)17(12,2)3/h5-6,9,11-12H,7-8,10H2,1-4H3,(H,22,23)/t11-,12?,18+,19?/m1/s1. The van der Waals surface area contributed by atoms with Crippen LogP contribution in [0.25, 0.3) is 0 Å². The number of benzene rings is 1. The average molecular weight is 366 g/mol. The summed E-state index contributed by atoms with van der Waals surface area (Å²) in [6.45, 7) is 8.19. The zero-order chi connectivity index (χ0) is 18.8. The molecular formula is C19H24ClNO4. The Kier molecular flexibility index (Phi) is 3.95. The first-order valence-corrected chi connectivity index (χ1v) is 9.04. The minimum atomic E-state index is -1.02. The molecule has 0 saturated heterocycles. The summed E-state index contributed by atoms with van der Waals surface area (Å²) in [6.07, 6.45) is 2.42. The van der Waals surface area contributed by atoms with E-state index in [1.807, 2.05) is 6.92 Å². The third-order valence-corrected chi connectivity index (χ3v) is 8.00. The summed E-state index contributed by atoms with van der Waals surface area (Å²) in [5.41, 5.74) is -1.17. The molecular weight excluding hydrogens is 342 g/mol. The fourth-order valence-corrected chi connectivity index (χ4v) is 6.00. The molecule has 2 unspecified atom stereocenters. The minimum Gasteiger partial charge on any atom is -0.481 e. The van der Waals surface area contributed by atoms with E-state index in [1.165, 1.54) is 6.07 Å². The molecule has 1 aromatic carbocycles. The molecule has 2 saturated carbocycles. The highest BCUT2D eigenvalue weighted by atomic mass is 35.5. The molecule has 0 heterocycles. The van der Waals surface area contributed by atoms with Crippen LogP contribution in [-0.4, -0.2) is 16.0 Å². The highest BCUT2D eigenvalue weighted by Gasteiger charge is 2.73. The van der Waals surface area contributed by atoms with Crippen molar-refractivity contribution < 1.29 is 14.8 Å². The van der Waals surface area contributed by atoms with Crippen LogP contribution in [0.4, 0.5) is 5.69 Å². The summed E-state index contributed by atoms with van der Waals surface area (Å²) >= 11 is 5.94. The fraction of sp³-hybridized carbons (Fsp3) is 0.632. The Morgan fingerprint density at radius 1 is 1.40 bits per heavy atom. The largest absolute Gasteiger partial charge is 0.481 e. The number of carboxylic acids is 1. The van der Waals surface area contributed by atoms with Crippen LogP contribution in [0.15, 0.2) is 18.2 Å². The molecule has 0 spiro atoms. The number of carboxylic acid groups (broad SMARTS) is 1. The molecule has 0 aromatic heterocycles. The first-order valence-electron chi connectivity index (χ1n) is 8.66. The van der Waals surface area contributed by atoms with Gasteiger partial charge in [0.05, 0.1) is 10.3 Å². The van der Waals surface area contributed by atoms with Crippen molar-refractivity contribution in [1.29, 1.82) is 0 Å². The molecule has 1 aromatic rings. The van der Waals surface area contributed by atoms with Gasteiger partial charge in [-0.05, 0) is 42.1 Å². The maximum Gasteiger partial charge on any atom is 0.310 e. The third-order valence-electron chi connectivity index (χ3n) is 7.77. The molecule has 5 nitrogen and oxygen atoms in total. The molecule has 0 radical (unpaired) electrons. The van der Waals surface area contributed by atoms with Crippen LogP contribution in [0.2, 0.25) is 5.02 Å². The van der Waals surface area contributed by atoms with Gasteiger partial charge in [-0.1, -0.05) is 45.4 Å². The van der Waals surface area contributed by atoms with Gasteiger partial charge in [0, 0.05) is 22.6 Å². The van der Waals surface area contributed by atoms with Gasteiger partial charge < -0.3 is 5.11 Å². The fourth-order valence-electron chi connectivity index (χ4n) is 5.84. The number of halogens is 1. The molecule has 6 heteroatoms. The van der Waals surface area contributed by atoms with Crippen LogP contribution in [0, 0.1) is 32.3 Å². The minimum absolute atomic E-state index is 0.0928. The Balaban J connectivity index is 2.20. The summed E-state index contributed by atoms with van der Waals surface area (Å²) in [5, 5.41) is 22.1. The SMILES string of the molecule is C[C@H](c1ccc(Cl)cc1[N+](=O)[O-])C1(C(=O)O)CC2CC[C@@]1(C)C2(C)C. The third kappa shape index (κ3) is 2.11. The van der Waals surface area contributed by atoms with Gasteiger partial charge in [-0.25, -0.2) is 0 Å². The number of carbonyl (C=O) groups is 1. The lowest BCUT2D eigenvalue weighted by atomic mass is 9.53. The van der Waals surface area contributed by atoms with Gasteiger partial charge in [-0.3, -0.25) is 14.9 Å². The van der Waals surface area contributed by atoms with Gasteiger partial charge >= 0.3 is 5.97 Å². The second-order valence-corrected chi connectivity index (χ2v) is 8.89. The molecule has 2 fully saturated rings. The van der Waals surface area contributed by atoms with Gasteiger partial charge in [0.2, 0.25) is 0 Å². The van der Waals surface area contributed by atoms with Crippen LogP contribution in [-0.2, 0) is 4.79 Å². The van der Waals surface area contributed by atoms with Crippen LogP contribution < -0.4 is 0 Å². The Morgan fingerprint density at radius 2 is 2.04 bits per heavy atom. The Bertz CT molecular complexity index is 762. The average Bonchev–Trinajstić information content (AvgIpc) is 2.85. The van der Waals surface area contributed by atoms with E-state index in [1.54, 1.807) is 12.1 Å². The zero-order valence-corrected chi connectivity index (χ0v) is 15.8. The van der Waals surface area contributed by atoms with Crippen molar-refractivity contribution in [3.63, 3.8) is 0 Å². The van der Waals surface area contributed by atoms with Crippen molar-refractivity contribution in [1.82, 2.24) is 0 Å². The number of fused-ring (bicyclic) bond motifs is 2. The molecule has 3 rings (SSSR count). The lowest BCUT2D eigenvalue weighted by Crippen LogP contribution is -2.50. The number of nitro groups is 1. The summed E-state index contributed by atoms with van der Waals surface area (Å²) < 4.78 is 0. The molecule has 2 bridgehead atoms. The van der Waals surface area contributed by atoms with Crippen molar-refractivity contribution in [3.05, 3.63) is 38.9 Å². The summed E-state index contributed by atoms with van der Waals surface area (Å²) in [5.74, 6) is -0.998. The Hall–Kier alpha value is -1.62. The van der Waals surface area contributed by atoms with Crippen molar-refractivity contribution in [3.8, 4) is 0 Å². The van der Waals surface area contributed by atoms with E-state index >= 15 is 0 Å². The first-order chi connectivity index (χ1) is 11.5. The van der Waals surface area contributed by atoms with E-state index in [0.717, 1.165) is 12.8 Å². The van der Waals surface area contributed by atoms with Gasteiger partial charge in [0.1, 0.15) is 0 Å². The second kappa shape index (κ2) is 5.44. The topological polar surface area (TPSA) is 80.4 Å². The molecule has 4 atom stereocenters. The van der Waals surface area contributed by atoms with Gasteiger partial charge in [-0.15, -0.1) is 0 Å². The maximum absolute atomic E-state index is 12.6. The second-order valence-electron chi connectivity index (χ2n) is 8.45. The zero-order valence-electron chi connectivity index (χ0n) is 15.0. The summed E-state index contributed by atoms with van der Waals surface area (Å²) in [7, 11) is 0. The number of nitro benzene ring substituents is 1. The lowest BCUT2D eigenvalue weighted by molar-refractivity contribution is -0.385. The highest BCUT2D eigenvalue weighted by molar-refractivity contribution is 6.30.